The normalized spacial score (nSPS) is 15.1. The van der Waals surface area contributed by atoms with Crippen LogP contribution in [0.3, 0.4) is 0 Å². The predicted molar refractivity (Wildman–Crippen MR) is 176 cm³/mol. The van der Waals surface area contributed by atoms with Crippen molar-refractivity contribution in [2.24, 2.45) is 0 Å². The van der Waals surface area contributed by atoms with Crippen molar-refractivity contribution >= 4 is 11.0 Å². The molecule has 0 spiro atoms. The van der Waals surface area contributed by atoms with Crippen molar-refractivity contribution in [1.82, 2.24) is 9.55 Å². The molecule has 0 radical (unpaired) electrons. The molecule has 0 fully saturated rings. The first-order valence-corrected chi connectivity index (χ1v) is 15.4. The number of rotatable bonds is 2. The Balaban J connectivity index is 0.000000231. The van der Waals surface area contributed by atoms with Crippen LogP contribution in [0, 0.1) is 32.3 Å². The van der Waals surface area contributed by atoms with E-state index in [1.807, 2.05) is 42.5 Å². The quantitative estimate of drug-likeness (QED) is 0.130. The van der Waals surface area contributed by atoms with E-state index in [1.54, 1.807) is 6.20 Å². The summed E-state index contributed by atoms with van der Waals surface area (Å²) in [7, 11) is 0. The number of imidazole rings is 1. The predicted octanol–water partition coefficient (Wildman–Crippen LogP) is 9.13. The summed E-state index contributed by atoms with van der Waals surface area (Å²) in [6.45, 7) is 13.6. The van der Waals surface area contributed by atoms with Crippen LogP contribution in [0.4, 0.5) is 0 Å². The number of ether oxygens (including phenoxy) is 1. The molecule has 5 heteroatoms. The minimum Gasteiger partial charge on any atom is -0.523 e. The summed E-state index contributed by atoms with van der Waals surface area (Å²) in [6.07, 6.45) is 7.73. The van der Waals surface area contributed by atoms with E-state index in [1.165, 1.54) is 28.7 Å². The maximum absolute atomic E-state index is 6.69. The molecule has 1 aliphatic carbocycles. The van der Waals surface area contributed by atoms with Crippen LogP contribution in [0.25, 0.3) is 33.7 Å². The van der Waals surface area contributed by atoms with Gasteiger partial charge in [0.25, 0.3) is 6.33 Å². The molecule has 4 nitrogen and oxygen atoms in total. The van der Waals surface area contributed by atoms with Gasteiger partial charge in [-0.15, -0.1) is 47.0 Å². The Morgan fingerprint density at radius 3 is 2.31 bits per heavy atom. The summed E-state index contributed by atoms with van der Waals surface area (Å²) in [4.78, 5) is 4.22. The van der Waals surface area contributed by atoms with E-state index < -0.39 is 0 Å². The van der Waals surface area contributed by atoms with Gasteiger partial charge >= 0.3 is 20.1 Å². The standard InChI is InChI=1S/C29H29N2O.C11H8N.Ir/c1-18-14-19(2)16-20(15-18)30-17-31-23-11-10-21-25(29(5,6)13-12-28(21,3)4)27(23)32-24-9-7-8-22(30)26(24)31;1-2-6-10(7-3-1)11-8-4-5-9-12-11;/h7-10,14-16H,12-13H2,1-6H3;1-6,8-9H;/q2*-1;+3. The van der Waals surface area contributed by atoms with Gasteiger partial charge in [0.1, 0.15) is 11.3 Å². The van der Waals surface area contributed by atoms with Gasteiger partial charge in [0, 0.05) is 11.9 Å². The van der Waals surface area contributed by atoms with E-state index in [2.05, 4.69) is 117 Å². The molecule has 2 aliphatic rings. The van der Waals surface area contributed by atoms with Gasteiger partial charge in [-0.05, 0) is 61.3 Å². The number of hydrogen-bond donors (Lipinski definition) is 0. The summed E-state index contributed by atoms with van der Waals surface area (Å²) in [6, 6.07) is 35.5. The fraction of sp³-hybridized carbons (Fsp3) is 0.250. The molecule has 8 rings (SSSR count). The zero-order valence-electron chi connectivity index (χ0n) is 26.7. The molecule has 226 valence electrons. The van der Waals surface area contributed by atoms with Gasteiger partial charge in [0.05, 0.1) is 11.2 Å². The Bertz CT molecular complexity index is 1950. The van der Waals surface area contributed by atoms with Crippen molar-refractivity contribution in [3.05, 3.63) is 132 Å². The Kier molecular flexibility index (Phi) is 8.05. The van der Waals surface area contributed by atoms with Crippen LogP contribution in [-0.2, 0) is 30.9 Å². The second-order valence-corrected chi connectivity index (χ2v) is 13.4. The molecule has 0 unspecified atom stereocenters. The third-order valence-corrected chi connectivity index (χ3v) is 9.04. The SMILES string of the molecule is Cc1cc(C)cc(-n2[c-][n+]3c4c(cccc42)Oc2c-3[c-]cc3c2C(C)(C)CCC3(C)C)c1.[Ir+3].[c-]1ccccc1-c1ccccn1. The molecule has 0 atom stereocenters. The average molecular weight is 768 g/mol. The fourth-order valence-electron chi connectivity index (χ4n) is 6.70. The monoisotopic (exact) mass is 768 g/mol. The number of nitrogens with zero attached hydrogens (tertiary/aromatic N) is 3. The van der Waals surface area contributed by atoms with Crippen LogP contribution in [0.1, 0.15) is 62.8 Å². The van der Waals surface area contributed by atoms with Crippen molar-refractivity contribution in [3.8, 4) is 34.1 Å². The number of para-hydroxylation sites is 1. The first-order chi connectivity index (χ1) is 21.1. The van der Waals surface area contributed by atoms with Gasteiger partial charge < -0.3 is 14.3 Å². The Morgan fingerprint density at radius 1 is 0.844 bits per heavy atom. The molecule has 0 saturated heterocycles. The molecular weight excluding hydrogens is 731 g/mol. The smallest absolute Gasteiger partial charge is 0.523 e. The molecule has 4 aromatic carbocycles. The number of benzene rings is 4. The molecular formula is C40H37IrN3O+. The minimum absolute atomic E-state index is 0. The van der Waals surface area contributed by atoms with Gasteiger partial charge in [-0.3, -0.25) is 4.57 Å². The van der Waals surface area contributed by atoms with Gasteiger partial charge in [-0.1, -0.05) is 81.0 Å². The van der Waals surface area contributed by atoms with Crippen LogP contribution in [0.15, 0.2) is 91.1 Å². The second-order valence-electron chi connectivity index (χ2n) is 13.4. The largest absolute Gasteiger partial charge is 3.00 e. The Labute approximate surface area is 280 Å². The number of fused-ring (bicyclic) bond motifs is 4. The van der Waals surface area contributed by atoms with Crippen molar-refractivity contribution < 1.29 is 29.4 Å². The van der Waals surface area contributed by atoms with Crippen molar-refractivity contribution in [2.45, 2.75) is 65.2 Å². The molecule has 6 aromatic rings. The Morgan fingerprint density at radius 2 is 1.60 bits per heavy atom. The topological polar surface area (TPSA) is 30.9 Å². The number of hydrogen-bond acceptors (Lipinski definition) is 2. The third-order valence-electron chi connectivity index (χ3n) is 9.04. The maximum atomic E-state index is 6.69. The zero-order chi connectivity index (χ0) is 30.6. The van der Waals surface area contributed by atoms with E-state index in [-0.39, 0.29) is 30.9 Å². The summed E-state index contributed by atoms with van der Waals surface area (Å²) < 4.78 is 11.0. The van der Waals surface area contributed by atoms with Gasteiger partial charge in [0.2, 0.25) is 0 Å². The van der Waals surface area contributed by atoms with E-state index >= 15 is 0 Å². The number of aromatic nitrogens is 3. The van der Waals surface area contributed by atoms with Crippen molar-refractivity contribution in [2.75, 3.05) is 0 Å². The molecule has 0 bridgehead atoms. The van der Waals surface area contributed by atoms with E-state index in [0.29, 0.717) is 0 Å². The molecule has 0 saturated carbocycles. The molecule has 0 amide bonds. The molecule has 2 aromatic heterocycles. The first-order valence-electron chi connectivity index (χ1n) is 15.4. The summed E-state index contributed by atoms with van der Waals surface area (Å²) in [5, 5.41) is 0. The molecule has 45 heavy (non-hydrogen) atoms. The first kappa shape index (κ1) is 31.0. The maximum Gasteiger partial charge on any atom is 3.00 e. The van der Waals surface area contributed by atoms with Gasteiger partial charge in [0.15, 0.2) is 0 Å². The Hall–Kier alpha value is -4.05. The van der Waals surface area contributed by atoms with Gasteiger partial charge in [-0.25, -0.2) is 0 Å². The number of aryl methyl sites for hydroxylation is 2. The van der Waals surface area contributed by atoms with Crippen LogP contribution < -0.4 is 9.30 Å². The van der Waals surface area contributed by atoms with E-state index in [4.69, 9.17) is 4.74 Å². The van der Waals surface area contributed by atoms with E-state index in [9.17, 15) is 0 Å². The summed E-state index contributed by atoms with van der Waals surface area (Å²) in [5.41, 5.74) is 11.6. The summed E-state index contributed by atoms with van der Waals surface area (Å²) >= 11 is 0. The van der Waals surface area contributed by atoms with E-state index in [0.717, 1.165) is 51.6 Å². The second kappa shape index (κ2) is 11.7. The van der Waals surface area contributed by atoms with Crippen LogP contribution in [-0.4, -0.2) is 9.55 Å². The molecule has 1 aliphatic heterocycles. The van der Waals surface area contributed by atoms with Gasteiger partial charge in [-0.2, -0.15) is 12.1 Å². The third kappa shape index (κ3) is 5.54. The fourth-order valence-corrected chi connectivity index (χ4v) is 6.70. The van der Waals surface area contributed by atoms with Crippen molar-refractivity contribution in [1.29, 1.82) is 0 Å². The van der Waals surface area contributed by atoms with Crippen LogP contribution in [0.2, 0.25) is 0 Å². The molecule has 0 N–H and O–H groups in total. The van der Waals surface area contributed by atoms with Crippen molar-refractivity contribution in [3.63, 3.8) is 0 Å². The minimum atomic E-state index is 0. The van der Waals surface area contributed by atoms with Crippen LogP contribution >= 0.6 is 0 Å². The summed E-state index contributed by atoms with van der Waals surface area (Å²) in [5.74, 6) is 1.83. The number of pyridine rings is 1. The average Bonchev–Trinajstić information content (AvgIpc) is 3.41. The van der Waals surface area contributed by atoms with Crippen LogP contribution in [0.5, 0.6) is 11.5 Å². The zero-order valence-corrected chi connectivity index (χ0v) is 29.1. The molecule has 3 heterocycles.